The predicted molar refractivity (Wildman–Crippen MR) is 75.9 cm³/mol. The molecule has 1 saturated heterocycles. The number of hydrogen-bond acceptors (Lipinski definition) is 4. The highest BCUT2D eigenvalue weighted by Crippen LogP contribution is 2.14. The lowest BCUT2D eigenvalue weighted by Gasteiger charge is -2.24. The molecule has 0 spiro atoms. The van der Waals surface area contributed by atoms with E-state index in [2.05, 4.69) is 11.4 Å². The van der Waals surface area contributed by atoms with Gasteiger partial charge in [-0.05, 0) is 40.5 Å². The van der Waals surface area contributed by atoms with Crippen molar-refractivity contribution < 1.29 is 14.3 Å². The Kier molecular flexibility index (Phi) is 8.37. The number of ether oxygens (including phenoxy) is 1. The molecule has 6 heteroatoms. The molecule has 114 valence electrons. The fourth-order valence-corrected chi connectivity index (χ4v) is 1.59. The molecule has 1 heterocycles. The van der Waals surface area contributed by atoms with Crippen molar-refractivity contribution in [1.82, 2.24) is 10.2 Å². The van der Waals surface area contributed by atoms with Gasteiger partial charge in [0.15, 0.2) is 0 Å². The van der Waals surface area contributed by atoms with Gasteiger partial charge in [0, 0.05) is 25.6 Å². The minimum absolute atomic E-state index is 0.177. The molecular weight excluding hydrogens is 258 g/mol. The molecule has 20 heavy (non-hydrogen) atoms. The Hall–Kier alpha value is -1.77. The summed E-state index contributed by atoms with van der Waals surface area (Å²) >= 11 is 0. The molecule has 0 saturated carbocycles. The summed E-state index contributed by atoms with van der Waals surface area (Å²) in [6.45, 7) is 9.47. The number of piperidine rings is 1. The fraction of sp³-hybridized carbons (Fsp3) is 0.786. The number of rotatable bonds is 2. The van der Waals surface area contributed by atoms with E-state index in [4.69, 9.17) is 10.00 Å². The van der Waals surface area contributed by atoms with Gasteiger partial charge in [0.05, 0.1) is 6.07 Å². The van der Waals surface area contributed by atoms with Crippen LogP contribution in [0.25, 0.3) is 0 Å². The molecule has 0 aromatic heterocycles. The summed E-state index contributed by atoms with van der Waals surface area (Å²) in [6.07, 6.45) is 2.19. The van der Waals surface area contributed by atoms with Crippen LogP contribution in [0.2, 0.25) is 0 Å². The Bertz CT molecular complexity index is 337. The minimum Gasteiger partial charge on any atom is -0.444 e. The van der Waals surface area contributed by atoms with Gasteiger partial charge in [-0.25, -0.2) is 4.79 Å². The van der Waals surface area contributed by atoms with E-state index in [1.54, 1.807) is 4.90 Å². The Morgan fingerprint density at radius 2 is 2.00 bits per heavy atom. The van der Waals surface area contributed by atoms with E-state index >= 15 is 0 Å². The van der Waals surface area contributed by atoms with Crippen LogP contribution >= 0.6 is 0 Å². The lowest BCUT2D eigenvalue weighted by molar-refractivity contribution is -0.119. The van der Waals surface area contributed by atoms with E-state index in [0.29, 0.717) is 6.54 Å². The lowest BCUT2D eigenvalue weighted by Crippen LogP contribution is -2.32. The van der Waals surface area contributed by atoms with Crippen molar-refractivity contribution in [2.75, 3.05) is 19.6 Å². The molecule has 6 nitrogen and oxygen atoms in total. The van der Waals surface area contributed by atoms with Crippen LogP contribution in [0.5, 0.6) is 0 Å². The van der Waals surface area contributed by atoms with Crippen molar-refractivity contribution in [3.8, 4) is 6.07 Å². The summed E-state index contributed by atoms with van der Waals surface area (Å²) in [7, 11) is 0. The van der Waals surface area contributed by atoms with Gasteiger partial charge in [0.2, 0.25) is 6.41 Å². The van der Waals surface area contributed by atoms with E-state index in [-0.39, 0.29) is 17.6 Å². The SMILES string of the molecule is CCNC(=O)OC(C)(C)C.N#CC1CCN(C=O)CC1. The van der Waals surface area contributed by atoms with Crippen LogP contribution in [-0.2, 0) is 9.53 Å². The maximum absolute atomic E-state index is 10.7. The molecule has 1 fully saturated rings. The van der Waals surface area contributed by atoms with Gasteiger partial charge in [-0.2, -0.15) is 5.26 Å². The molecule has 1 aliphatic rings. The van der Waals surface area contributed by atoms with Crippen LogP contribution in [0, 0.1) is 17.2 Å². The smallest absolute Gasteiger partial charge is 0.407 e. The zero-order valence-electron chi connectivity index (χ0n) is 12.8. The van der Waals surface area contributed by atoms with Crippen molar-refractivity contribution >= 4 is 12.5 Å². The summed E-state index contributed by atoms with van der Waals surface area (Å²) < 4.78 is 4.93. The summed E-state index contributed by atoms with van der Waals surface area (Å²) in [5, 5.41) is 11.0. The molecule has 2 amide bonds. The van der Waals surface area contributed by atoms with Crippen LogP contribution in [0.4, 0.5) is 4.79 Å². The van der Waals surface area contributed by atoms with Gasteiger partial charge in [0.25, 0.3) is 0 Å². The first-order valence-electron chi connectivity index (χ1n) is 6.88. The number of carbonyl (C=O) groups is 2. The second-order valence-electron chi connectivity index (χ2n) is 5.58. The van der Waals surface area contributed by atoms with Crippen molar-refractivity contribution in [2.24, 2.45) is 5.92 Å². The number of nitrogens with zero attached hydrogens (tertiary/aromatic N) is 2. The zero-order valence-corrected chi connectivity index (χ0v) is 12.8. The average Bonchev–Trinajstić information content (AvgIpc) is 2.38. The third-order valence-corrected chi connectivity index (χ3v) is 2.58. The number of likely N-dealkylation sites (tertiary alicyclic amines) is 1. The minimum atomic E-state index is -0.390. The maximum Gasteiger partial charge on any atom is 0.407 e. The van der Waals surface area contributed by atoms with Gasteiger partial charge in [0.1, 0.15) is 5.60 Å². The fourth-order valence-electron chi connectivity index (χ4n) is 1.59. The van der Waals surface area contributed by atoms with Gasteiger partial charge >= 0.3 is 6.09 Å². The largest absolute Gasteiger partial charge is 0.444 e. The average molecular weight is 283 g/mol. The van der Waals surface area contributed by atoms with Gasteiger partial charge in [-0.1, -0.05) is 0 Å². The molecule has 0 aliphatic carbocycles. The number of hydrogen-bond donors (Lipinski definition) is 1. The van der Waals surface area contributed by atoms with Gasteiger partial charge < -0.3 is 15.0 Å². The highest BCUT2D eigenvalue weighted by Gasteiger charge is 2.16. The second-order valence-corrected chi connectivity index (χ2v) is 5.58. The Morgan fingerprint density at radius 1 is 1.45 bits per heavy atom. The first-order chi connectivity index (χ1) is 9.32. The van der Waals surface area contributed by atoms with Gasteiger partial charge in [-0.15, -0.1) is 0 Å². The summed E-state index contributed by atoms with van der Waals surface area (Å²) in [5.74, 6) is 0.177. The topological polar surface area (TPSA) is 82.4 Å². The number of alkyl carbamates (subject to hydrolysis) is 1. The first-order valence-corrected chi connectivity index (χ1v) is 6.88. The quantitative estimate of drug-likeness (QED) is 0.785. The number of amides is 2. The van der Waals surface area contributed by atoms with Crippen molar-refractivity contribution in [3.05, 3.63) is 0 Å². The molecule has 1 aliphatic heterocycles. The summed E-state index contributed by atoms with van der Waals surface area (Å²) in [5.41, 5.74) is -0.390. The monoisotopic (exact) mass is 283 g/mol. The van der Waals surface area contributed by atoms with Crippen LogP contribution in [0.1, 0.15) is 40.5 Å². The number of nitrogens with one attached hydrogen (secondary N) is 1. The maximum atomic E-state index is 10.7. The second kappa shape index (κ2) is 9.18. The highest BCUT2D eigenvalue weighted by molar-refractivity contribution is 5.67. The molecule has 0 atom stereocenters. The van der Waals surface area contributed by atoms with Crippen LogP contribution in [0.15, 0.2) is 0 Å². The van der Waals surface area contributed by atoms with Crippen molar-refractivity contribution in [1.29, 1.82) is 5.26 Å². The molecule has 0 radical (unpaired) electrons. The summed E-state index contributed by atoms with van der Waals surface area (Å²) in [4.78, 5) is 22.6. The summed E-state index contributed by atoms with van der Waals surface area (Å²) in [6, 6.07) is 2.21. The van der Waals surface area contributed by atoms with E-state index in [9.17, 15) is 9.59 Å². The van der Waals surface area contributed by atoms with Crippen LogP contribution in [-0.4, -0.2) is 42.6 Å². The molecule has 1 N–H and O–H groups in total. The Balaban J connectivity index is 0.000000361. The van der Waals surface area contributed by atoms with E-state index < -0.39 is 0 Å². The number of nitriles is 1. The Labute approximate surface area is 121 Å². The van der Waals surface area contributed by atoms with Crippen molar-refractivity contribution in [3.63, 3.8) is 0 Å². The zero-order chi connectivity index (χ0) is 15.6. The molecule has 0 unspecified atom stereocenters. The lowest BCUT2D eigenvalue weighted by atomic mass is 9.99. The molecular formula is C14H25N3O3. The van der Waals surface area contributed by atoms with Crippen molar-refractivity contribution in [2.45, 2.75) is 46.1 Å². The van der Waals surface area contributed by atoms with E-state index in [0.717, 1.165) is 32.3 Å². The molecule has 0 bridgehead atoms. The molecule has 1 rings (SSSR count). The highest BCUT2D eigenvalue weighted by atomic mass is 16.6. The van der Waals surface area contributed by atoms with E-state index in [1.165, 1.54) is 0 Å². The van der Waals surface area contributed by atoms with Crippen LogP contribution in [0.3, 0.4) is 0 Å². The third-order valence-electron chi connectivity index (χ3n) is 2.58. The first kappa shape index (κ1) is 18.2. The van der Waals surface area contributed by atoms with Crippen LogP contribution < -0.4 is 5.32 Å². The number of carbonyl (C=O) groups excluding carboxylic acids is 2. The third kappa shape index (κ3) is 9.20. The molecule has 0 aromatic rings. The standard InChI is InChI=1S/C7H10N2O.C7H15NO2/c8-5-7-1-3-9(6-10)4-2-7;1-5-8-6(9)10-7(2,3)4/h6-7H,1-4H2;5H2,1-4H3,(H,8,9). The Morgan fingerprint density at radius 3 is 2.35 bits per heavy atom. The predicted octanol–water partition coefficient (Wildman–Crippen LogP) is 1.91. The normalized spacial score (nSPS) is 15.4. The van der Waals surface area contributed by atoms with E-state index in [1.807, 2.05) is 27.7 Å². The van der Waals surface area contributed by atoms with Gasteiger partial charge in [-0.3, -0.25) is 4.79 Å². The molecule has 0 aromatic carbocycles.